The van der Waals surface area contributed by atoms with Crippen LogP contribution in [-0.2, 0) is 6.61 Å². The molecule has 0 radical (unpaired) electrons. The number of anilines is 1. The van der Waals surface area contributed by atoms with Crippen LogP contribution in [0.1, 0.15) is 26.3 Å². The van der Waals surface area contributed by atoms with Crippen molar-refractivity contribution < 1.29 is 19.4 Å². The molecule has 35 heavy (non-hydrogen) atoms. The fourth-order valence-corrected chi connectivity index (χ4v) is 3.64. The molecule has 5 rings (SSSR count). The van der Waals surface area contributed by atoms with Gasteiger partial charge in [0.1, 0.15) is 18.2 Å². The third-order valence-electron chi connectivity index (χ3n) is 5.51. The quantitative estimate of drug-likeness (QED) is 0.285. The molecule has 0 bridgehead atoms. The molecule has 0 saturated heterocycles. The summed E-state index contributed by atoms with van der Waals surface area (Å²) in [4.78, 5) is 31.5. The number of benzene rings is 4. The number of aromatic nitrogens is 2. The fourth-order valence-electron chi connectivity index (χ4n) is 3.64. The molecule has 1 aromatic heterocycles. The normalized spacial score (nSPS) is 10.7. The van der Waals surface area contributed by atoms with Crippen LogP contribution >= 0.6 is 0 Å². The van der Waals surface area contributed by atoms with E-state index in [1.165, 1.54) is 6.07 Å². The highest BCUT2D eigenvalue weighted by Crippen LogP contribution is 2.23. The monoisotopic (exact) mass is 463 g/mol. The van der Waals surface area contributed by atoms with Gasteiger partial charge in [-0.2, -0.15) is 0 Å². The lowest BCUT2D eigenvalue weighted by molar-refractivity contribution is 0.0696. The molecule has 0 aliphatic carbocycles. The molecule has 0 saturated carbocycles. The maximum atomic E-state index is 12.6. The van der Waals surface area contributed by atoms with Gasteiger partial charge >= 0.3 is 5.97 Å². The van der Waals surface area contributed by atoms with Gasteiger partial charge in [-0.05, 0) is 72.3 Å². The zero-order chi connectivity index (χ0) is 24.2. The van der Waals surface area contributed by atoms with Crippen molar-refractivity contribution in [3.05, 3.63) is 114 Å². The van der Waals surface area contributed by atoms with Gasteiger partial charge in [0.2, 0.25) is 0 Å². The van der Waals surface area contributed by atoms with Crippen LogP contribution in [0.2, 0.25) is 0 Å². The van der Waals surface area contributed by atoms with E-state index in [-0.39, 0.29) is 11.5 Å². The number of amides is 1. The minimum absolute atomic E-state index is 0.196. The van der Waals surface area contributed by atoms with Crippen LogP contribution in [-0.4, -0.2) is 27.0 Å². The number of aromatic amines is 1. The van der Waals surface area contributed by atoms with Crippen molar-refractivity contribution in [3.8, 4) is 17.1 Å². The summed E-state index contributed by atoms with van der Waals surface area (Å²) in [6.45, 7) is 0.463. The highest BCUT2D eigenvalue weighted by molar-refractivity contribution is 6.04. The number of carboxylic acids is 1. The molecule has 3 N–H and O–H groups in total. The Bertz CT molecular complexity index is 1490. The van der Waals surface area contributed by atoms with Crippen LogP contribution in [0, 0.1) is 0 Å². The Morgan fingerprint density at radius 1 is 0.857 bits per heavy atom. The van der Waals surface area contributed by atoms with Crippen molar-refractivity contribution in [3.63, 3.8) is 0 Å². The summed E-state index contributed by atoms with van der Waals surface area (Å²) in [7, 11) is 0. The molecule has 0 spiro atoms. The number of aromatic carboxylic acids is 1. The molecule has 0 fully saturated rings. The van der Waals surface area contributed by atoms with Crippen LogP contribution in [0.15, 0.2) is 97.1 Å². The number of imidazole rings is 1. The van der Waals surface area contributed by atoms with Crippen LogP contribution in [0.3, 0.4) is 0 Å². The first-order valence-corrected chi connectivity index (χ1v) is 11.0. The van der Waals surface area contributed by atoms with Crippen molar-refractivity contribution in [1.82, 2.24) is 9.97 Å². The second-order valence-electron chi connectivity index (χ2n) is 7.95. The van der Waals surface area contributed by atoms with Gasteiger partial charge in [0.15, 0.2) is 0 Å². The largest absolute Gasteiger partial charge is 0.489 e. The summed E-state index contributed by atoms with van der Waals surface area (Å²) >= 11 is 0. The van der Waals surface area contributed by atoms with Gasteiger partial charge in [-0.15, -0.1) is 0 Å². The zero-order valence-corrected chi connectivity index (χ0v) is 18.6. The van der Waals surface area contributed by atoms with Gasteiger partial charge in [-0.25, -0.2) is 9.78 Å². The zero-order valence-electron chi connectivity index (χ0n) is 18.6. The molecular weight excluding hydrogens is 442 g/mol. The number of ether oxygens (including phenoxy) is 1. The predicted octanol–water partition coefficient (Wildman–Crippen LogP) is 5.76. The maximum Gasteiger partial charge on any atom is 0.335 e. The topological polar surface area (TPSA) is 104 Å². The van der Waals surface area contributed by atoms with Gasteiger partial charge < -0.3 is 20.1 Å². The fraction of sp³-hybridized carbons (Fsp3) is 0.0357. The Morgan fingerprint density at radius 3 is 2.29 bits per heavy atom. The molecule has 0 atom stereocenters. The molecule has 7 heteroatoms. The average Bonchev–Trinajstić information content (AvgIpc) is 3.32. The number of hydrogen-bond donors (Lipinski definition) is 3. The number of fused-ring (bicyclic) bond motifs is 1. The SMILES string of the molecule is O=C(O)c1ccc2nc(-c3ccc(NC(=O)c4ccc(OCc5ccccc5)cc4)cc3)[nH]c2c1. The molecule has 172 valence electrons. The van der Waals surface area contributed by atoms with E-state index in [0.717, 1.165) is 11.1 Å². The summed E-state index contributed by atoms with van der Waals surface area (Å²) in [5, 5.41) is 12.0. The van der Waals surface area contributed by atoms with E-state index in [9.17, 15) is 9.59 Å². The number of carbonyl (C=O) groups is 2. The number of nitrogens with zero attached hydrogens (tertiary/aromatic N) is 1. The van der Waals surface area contributed by atoms with E-state index < -0.39 is 5.97 Å². The highest BCUT2D eigenvalue weighted by atomic mass is 16.5. The highest BCUT2D eigenvalue weighted by Gasteiger charge is 2.10. The lowest BCUT2D eigenvalue weighted by Crippen LogP contribution is -2.11. The third kappa shape index (κ3) is 5.04. The molecule has 5 aromatic rings. The van der Waals surface area contributed by atoms with Gasteiger partial charge in [0.25, 0.3) is 5.91 Å². The molecule has 0 aliphatic rings. The minimum atomic E-state index is -0.988. The first kappa shape index (κ1) is 21.9. The minimum Gasteiger partial charge on any atom is -0.489 e. The third-order valence-corrected chi connectivity index (χ3v) is 5.51. The van der Waals surface area contributed by atoms with E-state index in [0.29, 0.717) is 40.5 Å². The smallest absolute Gasteiger partial charge is 0.335 e. The van der Waals surface area contributed by atoms with E-state index >= 15 is 0 Å². The van der Waals surface area contributed by atoms with Crippen LogP contribution in [0.5, 0.6) is 5.75 Å². The van der Waals surface area contributed by atoms with Crippen LogP contribution in [0.25, 0.3) is 22.4 Å². The number of carbonyl (C=O) groups excluding carboxylic acids is 1. The molecule has 1 heterocycles. The first-order valence-electron chi connectivity index (χ1n) is 11.0. The number of nitrogens with one attached hydrogen (secondary N) is 2. The van der Waals surface area contributed by atoms with Crippen molar-refractivity contribution in [2.45, 2.75) is 6.61 Å². The Morgan fingerprint density at radius 2 is 1.57 bits per heavy atom. The van der Waals surface area contributed by atoms with Gasteiger partial charge in [-0.3, -0.25) is 4.79 Å². The van der Waals surface area contributed by atoms with E-state index in [1.54, 1.807) is 48.5 Å². The molecule has 4 aromatic carbocycles. The standard InChI is InChI=1S/C28H21N3O4/c32-27(20-8-13-23(14-9-20)35-17-18-4-2-1-3-5-18)29-22-11-6-19(7-12-22)26-30-24-15-10-21(28(33)34)16-25(24)31-26/h1-16H,17H2,(H,29,32)(H,30,31)(H,33,34). The summed E-state index contributed by atoms with van der Waals surface area (Å²) < 4.78 is 5.77. The molecular formula is C28H21N3O4. The average molecular weight is 463 g/mol. The van der Waals surface area contributed by atoms with Crippen molar-refractivity contribution in [2.24, 2.45) is 0 Å². The van der Waals surface area contributed by atoms with Gasteiger partial charge in [0, 0.05) is 16.8 Å². The van der Waals surface area contributed by atoms with Crippen molar-refractivity contribution in [1.29, 1.82) is 0 Å². The molecule has 1 amide bonds. The molecule has 7 nitrogen and oxygen atoms in total. The van der Waals surface area contributed by atoms with E-state index in [1.807, 2.05) is 42.5 Å². The second-order valence-corrected chi connectivity index (χ2v) is 7.95. The number of rotatable bonds is 7. The second kappa shape index (κ2) is 9.52. The summed E-state index contributed by atoms with van der Waals surface area (Å²) in [5.41, 5.74) is 4.58. The maximum absolute atomic E-state index is 12.6. The Kier molecular flexibility index (Phi) is 5.96. The van der Waals surface area contributed by atoms with Gasteiger partial charge in [-0.1, -0.05) is 30.3 Å². The summed E-state index contributed by atoms with van der Waals surface area (Å²) in [6, 6.07) is 28.9. The lowest BCUT2D eigenvalue weighted by atomic mass is 10.1. The van der Waals surface area contributed by atoms with E-state index in [2.05, 4.69) is 15.3 Å². The van der Waals surface area contributed by atoms with Crippen molar-refractivity contribution in [2.75, 3.05) is 5.32 Å². The predicted molar refractivity (Wildman–Crippen MR) is 134 cm³/mol. The van der Waals surface area contributed by atoms with Crippen LogP contribution < -0.4 is 10.1 Å². The van der Waals surface area contributed by atoms with E-state index in [4.69, 9.17) is 9.84 Å². The molecule has 0 unspecified atom stereocenters. The van der Waals surface area contributed by atoms with Crippen molar-refractivity contribution >= 4 is 28.6 Å². The lowest BCUT2D eigenvalue weighted by Gasteiger charge is -2.08. The Balaban J connectivity index is 1.22. The number of hydrogen-bond acceptors (Lipinski definition) is 4. The summed E-state index contributed by atoms with van der Waals surface area (Å²) in [6.07, 6.45) is 0. The first-order chi connectivity index (χ1) is 17.0. The number of carboxylic acid groups (broad SMARTS) is 1. The molecule has 0 aliphatic heterocycles. The Hall–Kier alpha value is -4.91. The van der Waals surface area contributed by atoms with Gasteiger partial charge in [0.05, 0.1) is 16.6 Å². The number of H-pyrrole nitrogens is 1. The summed E-state index contributed by atoms with van der Waals surface area (Å²) in [5.74, 6) is 0.0948. The van der Waals surface area contributed by atoms with Crippen LogP contribution in [0.4, 0.5) is 5.69 Å². The Labute approximate surface area is 201 Å².